The second-order valence-corrected chi connectivity index (χ2v) is 9.99. The normalized spacial score (nSPS) is 12.7. The minimum Gasteiger partial charge on any atom is -0.456 e. The van der Waals surface area contributed by atoms with Gasteiger partial charge in [-0.2, -0.15) is 26.3 Å². The number of hydrogen-bond donors (Lipinski definition) is 0. The summed E-state index contributed by atoms with van der Waals surface area (Å²) >= 11 is 0. The Bertz CT molecular complexity index is 1520. The molecule has 0 bridgehead atoms. The number of para-hydroxylation sites is 2. The number of alkyl halides is 6. The summed E-state index contributed by atoms with van der Waals surface area (Å²) in [5, 5.41) is 0. The molecule has 0 aliphatic rings. The number of allylic oxidation sites excluding steroid dienone is 2. The van der Waals surface area contributed by atoms with Gasteiger partial charge in [0.05, 0.1) is 0 Å². The van der Waals surface area contributed by atoms with Crippen molar-refractivity contribution in [3.63, 3.8) is 0 Å². The molecule has 43 heavy (non-hydrogen) atoms. The lowest BCUT2D eigenvalue weighted by Gasteiger charge is -2.38. The van der Waals surface area contributed by atoms with E-state index in [2.05, 4.69) is 0 Å². The first-order chi connectivity index (χ1) is 20.3. The number of aryl methyl sites for hydroxylation is 2. The summed E-state index contributed by atoms with van der Waals surface area (Å²) in [6.07, 6.45) is -4.31. The predicted molar refractivity (Wildman–Crippen MR) is 158 cm³/mol. The zero-order valence-electron chi connectivity index (χ0n) is 24.0. The fraction of sp³-hybridized carbons (Fsp3) is 0.200. The highest BCUT2D eigenvalue weighted by molar-refractivity contribution is 5.60. The van der Waals surface area contributed by atoms with Gasteiger partial charge < -0.3 is 9.47 Å². The minimum atomic E-state index is -5.73. The van der Waals surface area contributed by atoms with Gasteiger partial charge >= 0.3 is 12.4 Å². The Morgan fingerprint density at radius 3 is 1.21 bits per heavy atom. The van der Waals surface area contributed by atoms with Gasteiger partial charge in [0.25, 0.3) is 0 Å². The lowest BCUT2D eigenvalue weighted by Crippen LogP contribution is -2.54. The Kier molecular flexibility index (Phi) is 9.09. The molecule has 0 radical (unpaired) electrons. The van der Waals surface area contributed by atoms with Crippen LogP contribution < -0.4 is 9.47 Å². The highest BCUT2D eigenvalue weighted by Gasteiger charge is 2.72. The van der Waals surface area contributed by atoms with Crippen molar-refractivity contribution in [2.45, 2.75) is 45.5 Å². The molecule has 0 fully saturated rings. The quantitative estimate of drug-likeness (QED) is 0.188. The van der Waals surface area contributed by atoms with Gasteiger partial charge in [-0.25, -0.2) is 0 Å². The fourth-order valence-corrected chi connectivity index (χ4v) is 4.99. The maximum Gasteiger partial charge on any atom is 0.411 e. The molecule has 0 heterocycles. The van der Waals surface area contributed by atoms with Crippen molar-refractivity contribution < 1.29 is 35.8 Å². The van der Waals surface area contributed by atoms with E-state index in [9.17, 15) is 26.3 Å². The second-order valence-electron chi connectivity index (χ2n) is 9.99. The van der Waals surface area contributed by atoms with Crippen LogP contribution >= 0.6 is 0 Å². The third-order valence-corrected chi connectivity index (χ3v) is 7.04. The lowest BCUT2D eigenvalue weighted by atomic mass is 9.72. The van der Waals surface area contributed by atoms with Gasteiger partial charge in [0.15, 0.2) is 0 Å². The first-order valence-corrected chi connectivity index (χ1v) is 13.5. The predicted octanol–water partition coefficient (Wildman–Crippen LogP) is 11.4. The molecule has 0 aliphatic carbocycles. The highest BCUT2D eigenvalue weighted by atomic mass is 19.4. The maximum atomic E-state index is 14.9. The van der Waals surface area contributed by atoms with Crippen LogP contribution in [-0.4, -0.2) is 12.4 Å². The zero-order chi connectivity index (χ0) is 31.4. The first kappa shape index (κ1) is 31.5. The Morgan fingerprint density at radius 2 is 0.884 bits per heavy atom. The summed E-state index contributed by atoms with van der Waals surface area (Å²) in [6, 6.07) is 19.7. The summed E-state index contributed by atoms with van der Waals surface area (Å²) < 4.78 is 101. The molecule has 0 unspecified atom stereocenters. The monoisotopic (exact) mass is 596 g/mol. The molecule has 0 spiro atoms. The Morgan fingerprint density at radius 1 is 0.512 bits per heavy atom. The molecule has 0 atom stereocenters. The Hall–Kier alpha value is -4.46. The third-order valence-electron chi connectivity index (χ3n) is 7.04. The van der Waals surface area contributed by atoms with Crippen LogP contribution in [-0.2, 0) is 5.41 Å². The summed E-state index contributed by atoms with van der Waals surface area (Å²) in [5.74, 6) is 1.10. The van der Waals surface area contributed by atoms with E-state index in [-0.39, 0.29) is 22.6 Å². The SMILES string of the molecule is C/C=C\c1ccccc1Oc1ccc(C(c2ccc(Oc3ccccc3/C=C\C)c(C)c2)(C(F)(F)F)C(F)(F)F)cc1C. The van der Waals surface area contributed by atoms with Gasteiger partial charge in [0.2, 0.25) is 5.41 Å². The second kappa shape index (κ2) is 12.4. The van der Waals surface area contributed by atoms with Gasteiger partial charge in [0.1, 0.15) is 23.0 Å². The summed E-state index contributed by atoms with van der Waals surface area (Å²) in [4.78, 5) is 0. The van der Waals surface area contributed by atoms with Crippen molar-refractivity contribution in [1.29, 1.82) is 0 Å². The van der Waals surface area contributed by atoms with E-state index in [4.69, 9.17) is 9.47 Å². The summed E-state index contributed by atoms with van der Waals surface area (Å²) in [6.45, 7) is 6.46. The van der Waals surface area contributed by atoms with Crippen LogP contribution in [0.4, 0.5) is 26.3 Å². The van der Waals surface area contributed by atoms with Crippen molar-refractivity contribution >= 4 is 12.2 Å². The van der Waals surface area contributed by atoms with E-state index < -0.39 is 28.9 Å². The van der Waals surface area contributed by atoms with Crippen LogP contribution in [0.1, 0.15) is 47.2 Å². The van der Waals surface area contributed by atoms with Crippen LogP contribution in [0.5, 0.6) is 23.0 Å². The minimum absolute atomic E-state index is 0.114. The standard InChI is InChI=1S/C35H30F6O2/c1-5-11-25-13-7-9-15-31(25)42-29-19-17-27(21-23(29)3)33(34(36,37)38,35(39,40)41)28-18-20-30(24(4)22-28)43-32-16-10-8-14-26(32)12-6-2/h5-22H,1-4H3/b11-5-,12-6-. The molecule has 0 saturated carbocycles. The molecule has 0 aliphatic heterocycles. The molecule has 0 amide bonds. The molecule has 0 N–H and O–H groups in total. The highest BCUT2D eigenvalue weighted by Crippen LogP contribution is 2.57. The first-order valence-electron chi connectivity index (χ1n) is 13.5. The van der Waals surface area contributed by atoms with E-state index in [1.54, 1.807) is 72.8 Å². The van der Waals surface area contributed by atoms with E-state index in [1.165, 1.54) is 13.8 Å². The smallest absolute Gasteiger partial charge is 0.411 e. The molecular weight excluding hydrogens is 566 g/mol. The van der Waals surface area contributed by atoms with Crippen LogP contribution in [0.2, 0.25) is 0 Å². The summed E-state index contributed by atoms with van der Waals surface area (Å²) in [5.41, 5.74) is -4.60. The average molecular weight is 597 g/mol. The van der Waals surface area contributed by atoms with Crippen LogP contribution in [0, 0.1) is 13.8 Å². The van der Waals surface area contributed by atoms with Crippen LogP contribution in [0.3, 0.4) is 0 Å². The van der Waals surface area contributed by atoms with E-state index >= 15 is 0 Å². The molecule has 4 rings (SSSR count). The largest absolute Gasteiger partial charge is 0.456 e. The molecule has 0 aromatic heterocycles. The molecule has 0 saturated heterocycles. The van der Waals surface area contributed by atoms with Gasteiger partial charge in [-0.15, -0.1) is 0 Å². The Labute approximate surface area is 246 Å². The zero-order valence-corrected chi connectivity index (χ0v) is 24.0. The number of rotatable bonds is 8. The number of halogens is 6. The molecular formula is C35H30F6O2. The van der Waals surface area contributed by atoms with Crippen molar-refractivity contribution in [1.82, 2.24) is 0 Å². The van der Waals surface area contributed by atoms with Crippen molar-refractivity contribution in [3.8, 4) is 23.0 Å². The van der Waals surface area contributed by atoms with E-state index in [1.807, 2.05) is 13.8 Å². The average Bonchev–Trinajstić information content (AvgIpc) is 2.92. The lowest BCUT2D eigenvalue weighted by molar-refractivity contribution is -0.288. The van der Waals surface area contributed by atoms with Gasteiger partial charge in [-0.3, -0.25) is 0 Å². The number of ether oxygens (including phenoxy) is 2. The van der Waals surface area contributed by atoms with Gasteiger partial charge in [0, 0.05) is 11.1 Å². The number of benzene rings is 4. The number of hydrogen-bond acceptors (Lipinski definition) is 2. The van der Waals surface area contributed by atoms with Crippen LogP contribution in [0.15, 0.2) is 97.1 Å². The van der Waals surface area contributed by atoms with Crippen molar-refractivity contribution in [2.24, 2.45) is 0 Å². The fourth-order valence-electron chi connectivity index (χ4n) is 4.99. The molecule has 8 heteroatoms. The van der Waals surface area contributed by atoms with Gasteiger partial charge in [-0.05, 0) is 74.2 Å². The molecule has 4 aromatic carbocycles. The topological polar surface area (TPSA) is 18.5 Å². The maximum absolute atomic E-state index is 14.9. The Balaban J connectivity index is 1.82. The van der Waals surface area contributed by atoms with Crippen LogP contribution in [0.25, 0.3) is 12.2 Å². The molecule has 2 nitrogen and oxygen atoms in total. The third kappa shape index (κ3) is 6.19. The molecule has 224 valence electrons. The summed E-state index contributed by atoms with van der Waals surface area (Å²) in [7, 11) is 0. The van der Waals surface area contributed by atoms with E-state index in [0.29, 0.717) is 22.6 Å². The van der Waals surface area contributed by atoms with E-state index in [0.717, 1.165) is 36.4 Å². The van der Waals surface area contributed by atoms with Crippen molar-refractivity contribution in [3.05, 3.63) is 130 Å². The van der Waals surface area contributed by atoms with Crippen molar-refractivity contribution in [2.75, 3.05) is 0 Å². The molecule has 4 aromatic rings. The van der Waals surface area contributed by atoms with Gasteiger partial charge in [-0.1, -0.05) is 85.0 Å².